The van der Waals surface area contributed by atoms with Crippen LogP contribution in [0.5, 0.6) is 0 Å². The summed E-state index contributed by atoms with van der Waals surface area (Å²) >= 11 is 0. The molecule has 0 radical (unpaired) electrons. The monoisotopic (exact) mass is 384 g/mol. The second-order valence-corrected chi connectivity index (χ2v) is 7.31. The van der Waals surface area contributed by atoms with Crippen molar-refractivity contribution in [3.8, 4) is 0 Å². The maximum atomic E-state index is 10.6. The predicted molar refractivity (Wildman–Crippen MR) is 61.2 cm³/mol. The van der Waals surface area contributed by atoms with Crippen LogP contribution in [-0.4, -0.2) is 70.4 Å². The molecule has 132 valence electrons. The van der Waals surface area contributed by atoms with Gasteiger partial charge in [-0.3, -0.25) is 8.37 Å². The van der Waals surface area contributed by atoms with E-state index in [9.17, 15) is 38.9 Å². The first-order valence-electron chi connectivity index (χ1n) is 5.34. The van der Waals surface area contributed by atoms with Gasteiger partial charge in [0.15, 0.2) is 10.3 Å². The average Bonchev–Trinajstić information content (AvgIpc) is 2.24. The van der Waals surface area contributed by atoms with E-state index in [0.717, 1.165) is 0 Å². The summed E-state index contributed by atoms with van der Waals surface area (Å²) in [5, 5.41) is 0. The van der Waals surface area contributed by atoms with Crippen molar-refractivity contribution in [3.63, 3.8) is 0 Å². The average molecular weight is 384 g/mol. The molecule has 0 aromatic carbocycles. The molecule has 0 saturated carbocycles. The van der Waals surface area contributed by atoms with E-state index in [2.05, 4.69) is 8.37 Å². The highest BCUT2D eigenvalue weighted by Crippen LogP contribution is 2.20. The molecule has 2 unspecified atom stereocenters. The molecule has 0 aliphatic carbocycles. The van der Waals surface area contributed by atoms with Gasteiger partial charge in [-0.2, -0.15) is 0 Å². The van der Waals surface area contributed by atoms with Crippen molar-refractivity contribution in [1.29, 1.82) is 0 Å². The molecule has 1 heterocycles. The molecule has 0 spiro atoms. The van der Waals surface area contributed by atoms with Crippen LogP contribution in [-0.2, 0) is 44.2 Å². The minimum absolute atomic E-state index is 0.524. The lowest BCUT2D eigenvalue weighted by atomic mass is 10.0. The summed E-state index contributed by atoms with van der Waals surface area (Å²) in [7, 11) is -15.3. The lowest BCUT2D eigenvalue weighted by Gasteiger charge is -2.36. The molecule has 0 amide bonds. The normalized spacial score (nSPS) is 27.7. The predicted octanol–water partition coefficient (Wildman–Crippen LogP) is -3.48. The zero-order valence-electron chi connectivity index (χ0n) is 10.5. The molecular formula is C6H10NO12S3-3. The van der Waals surface area contributed by atoms with Crippen LogP contribution in [0.2, 0.25) is 0 Å². The molecule has 1 aliphatic rings. The maximum absolute atomic E-state index is 10.6. The molecule has 1 N–H and O–H groups in total. The fourth-order valence-corrected chi connectivity index (χ4v) is 3.09. The van der Waals surface area contributed by atoms with E-state index in [-0.39, 0.29) is 0 Å². The molecule has 1 aliphatic heterocycles. The van der Waals surface area contributed by atoms with Crippen molar-refractivity contribution in [3.05, 3.63) is 0 Å². The van der Waals surface area contributed by atoms with Gasteiger partial charge in [0.1, 0.15) is 0 Å². The zero-order chi connectivity index (χ0) is 17.2. The van der Waals surface area contributed by atoms with Gasteiger partial charge in [-0.15, -0.1) is 0 Å². The van der Waals surface area contributed by atoms with Crippen LogP contribution in [0.1, 0.15) is 6.42 Å². The lowest BCUT2D eigenvalue weighted by Crippen LogP contribution is -2.53. The number of rotatable bonds is 7. The summed E-state index contributed by atoms with van der Waals surface area (Å²) in [6.07, 6.45) is -3.34. The van der Waals surface area contributed by atoms with E-state index in [1.54, 1.807) is 0 Å². The maximum Gasteiger partial charge on any atom is 0.217 e. The van der Waals surface area contributed by atoms with E-state index in [1.165, 1.54) is 4.72 Å². The number of nitrogens with one attached hydrogen (secondary N) is 1. The van der Waals surface area contributed by atoms with Gasteiger partial charge in [-0.25, -0.2) is 30.0 Å². The Morgan fingerprint density at radius 1 is 1.05 bits per heavy atom. The second-order valence-electron chi connectivity index (χ2n) is 4.11. The molecule has 0 aromatic heterocycles. The van der Waals surface area contributed by atoms with Crippen molar-refractivity contribution in [1.82, 2.24) is 4.72 Å². The Hall–Kier alpha value is -0.430. The van der Waals surface area contributed by atoms with Crippen LogP contribution >= 0.6 is 0 Å². The van der Waals surface area contributed by atoms with E-state index in [1.807, 2.05) is 0 Å². The third-order valence-electron chi connectivity index (χ3n) is 2.39. The van der Waals surface area contributed by atoms with Gasteiger partial charge in [0, 0.05) is 6.42 Å². The third-order valence-corrected chi connectivity index (χ3v) is 3.89. The minimum Gasteiger partial charge on any atom is -0.735 e. The highest BCUT2D eigenvalue weighted by molar-refractivity contribution is 7.83. The Labute approximate surface area is 126 Å². The van der Waals surface area contributed by atoms with Crippen LogP contribution in [0.4, 0.5) is 0 Å². The smallest absolute Gasteiger partial charge is 0.217 e. The minimum atomic E-state index is -5.24. The topological polar surface area (TPSA) is 211 Å². The Morgan fingerprint density at radius 3 is 2.09 bits per heavy atom. The SMILES string of the molecule is O=S(=O)([O-])NC1COC(COS(=O)(=O)[O-])C[C@@H]1OS(=O)(=O)[O-]. The van der Waals surface area contributed by atoms with Crippen molar-refractivity contribution >= 4 is 31.1 Å². The number of hydrogen-bond acceptors (Lipinski definition) is 12. The highest BCUT2D eigenvalue weighted by Gasteiger charge is 2.35. The molecule has 0 aromatic rings. The number of ether oxygens (including phenoxy) is 1. The lowest BCUT2D eigenvalue weighted by molar-refractivity contribution is -0.0692. The van der Waals surface area contributed by atoms with Gasteiger partial charge in [0.2, 0.25) is 20.8 Å². The first-order chi connectivity index (χ1) is 9.75. The zero-order valence-corrected chi connectivity index (χ0v) is 12.9. The Kier molecular flexibility index (Phi) is 6.23. The van der Waals surface area contributed by atoms with Crippen LogP contribution < -0.4 is 4.72 Å². The summed E-state index contributed by atoms with van der Waals surface area (Å²) in [6.45, 7) is -1.42. The van der Waals surface area contributed by atoms with Crippen molar-refractivity contribution in [2.45, 2.75) is 24.7 Å². The van der Waals surface area contributed by atoms with Crippen LogP contribution in [0.3, 0.4) is 0 Å². The summed E-state index contributed by atoms with van der Waals surface area (Å²) < 4.78 is 109. The van der Waals surface area contributed by atoms with Crippen molar-refractivity contribution in [2.24, 2.45) is 0 Å². The summed E-state index contributed by atoms with van der Waals surface area (Å²) in [6, 6.07) is -1.49. The molecule has 1 fully saturated rings. The van der Waals surface area contributed by atoms with Gasteiger partial charge in [0.05, 0.1) is 31.5 Å². The summed E-state index contributed by atoms with van der Waals surface area (Å²) in [5.41, 5.74) is 0. The molecule has 1 rings (SSSR count). The van der Waals surface area contributed by atoms with Gasteiger partial charge in [-0.1, -0.05) is 0 Å². The Bertz CT molecular complexity index is 680. The van der Waals surface area contributed by atoms with Crippen LogP contribution in [0.15, 0.2) is 0 Å². The number of hydrogen-bond donors (Lipinski definition) is 1. The molecule has 22 heavy (non-hydrogen) atoms. The molecular weight excluding hydrogens is 374 g/mol. The molecule has 0 bridgehead atoms. The van der Waals surface area contributed by atoms with E-state index in [0.29, 0.717) is 0 Å². The first kappa shape index (κ1) is 19.6. The second kappa shape index (κ2) is 6.99. The van der Waals surface area contributed by atoms with Gasteiger partial charge in [-0.05, 0) is 0 Å². The molecule has 16 heteroatoms. The third kappa shape index (κ3) is 8.27. The van der Waals surface area contributed by atoms with Gasteiger partial charge >= 0.3 is 0 Å². The van der Waals surface area contributed by atoms with E-state index in [4.69, 9.17) is 4.74 Å². The molecule has 1 saturated heterocycles. The highest BCUT2D eigenvalue weighted by atomic mass is 32.3. The van der Waals surface area contributed by atoms with E-state index < -0.39 is 69.0 Å². The summed E-state index contributed by atoms with van der Waals surface area (Å²) in [5.74, 6) is 0. The van der Waals surface area contributed by atoms with Gasteiger partial charge < -0.3 is 18.4 Å². The van der Waals surface area contributed by atoms with Gasteiger partial charge in [0.25, 0.3) is 0 Å². The largest absolute Gasteiger partial charge is 0.735 e. The Morgan fingerprint density at radius 2 is 1.64 bits per heavy atom. The standard InChI is InChI=1S/C6H13NO12S3/c8-20(9,10)7-5-3-17-4(2-18-21(11,12)13)1-6(5)19-22(14,15)16/h4-7H,1-3H2,(H,8,9,10)(H,11,12,13)(H,14,15,16)/p-3/t4?,5?,6-/m0/s1. The first-order valence-corrected chi connectivity index (χ1v) is 9.42. The fraction of sp³-hybridized carbons (Fsp3) is 1.00. The quantitative estimate of drug-likeness (QED) is 0.335. The van der Waals surface area contributed by atoms with Crippen molar-refractivity contribution < 1.29 is 52.0 Å². The fourth-order valence-electron chi connectivity index (χ4n) is 1.67. The van der Waals surface area contributed by atoms with Crippen LogP contribution in [0.25, 0.3) is 0 Å². The van der Waals surface area contributed by atoms with Crippen molar-refractivity contribution in [2.75, 3.05) is 13.2 Å². The summed E-state index contributed by atoms with van der Waals surface area (Å²) in [4.78, 5) is 0. The van der Waals surface area contributed by atoms with Crippen LogP contribution in [0, 0.1) is 0 Å². The van der Waals surface area contributed by atoms with E-state index >= 15 is 0 Å². The molecule has 3 atom stereocenters. The Balaban J connectivity index is 2.79. The molecule has 13 nitrogen and oxygen atoms in total.